The zero-order valence-corrected chi connectivity index (χ0v) is 18.6. The highest BCUT2D eigenvalue weighted by atomic mass is 19.1. The summed E-state index contributed by atoms with van der Waals surface area (Å²) in [6.45, 7) is 4.93. The van der Waals surface area contributed by atoms with Gasteiger partial charge in [0.1, 0.15) is 5.82 Å². The van der Waals surface area contributed by atoms with Gasteiger partial charge in [-0.25, -0.2) is 18.7 Å². The summed E-state index contributed by atoms with van der Waals surface area (Å²) in [5.41, 5.74) is 2.97. The van der Waals surface area contributed by atoms with E-state index in [0.29, 0.717) is 29.0 Å². The number of hydrogen-bond acceptors (Lipinski definition) is 4. The van der Waals surface area contributed by atoms with Crippen molar-refractivity contribution in [3.63, 3.8) is 0 Å². The van der Waals surface area contributed by atoms with Gasteiger partial charge in [0.25, 0.3) is 5.56 Å². The van der Waals surface area contributed by atoms with Crippen molar-refractivity contribution >= 4 is 11.2 Å². The molecule has 0 N–H and O–H groups in total. The molecule has 1 fully saturated rings. The highest BCUT2D eigenvalue weighted by Crippen LogP contribution is 2.21. The number of para-hydroxylation sites is 1. The molecular formula is C25H25FN4O3. The first-order valence-electron chi connectivity index (χ1n) is 11.1. The fraction of sp³-hybridized carbons (Fsp3) is 0.320. The Hall–Kier alpha value is -3.52. The van der Waals surface area contributed by atoms with Crippen LogP contribution in [-0.4, -0.2) is 31.4 Å². The number of fused-ring (bicyclic) bond motifs is 1. The third-order valence-corrected chi connectivity index (χ3v) is 6.22. The van der Waals surface area contributed by atoms with Crippen LogP contribution in [0.25, 0.3) is 16.9 Å². The number of hydrogen-bond donors (Lipinski definition) is 0. The minimum atomic E-state index is -0.434. The van der Waals surface area contributed by atoms with Crippen molar-refractivity contribution in [3.8, 4) is 5.69 Å². The van der Waals surface area contributed by atoms with Crippen LogP contribution in [0.1, 0.15) is 29.5 Å². The lowest BCUT2D eigenvalue weighted by atomic mass is 10.1. The minimum Gasteiger partial charge on any atom is -0.376 e. The molecule has 170 valence electrons. The van der Waals surface area contributed by atoms with Crippen LogP contribution in [0, 0.1) is 19.7 Å². The van der Waals surface area contributed by atoms with Crippen LogP contribution in [0.2, 0.25) is 0 Å². The first kappa shape index (κ1) is 21.3. The number of aromatic nitrogens is 4. The molecule has 1 saturated heterocycles. The summed E-state index contributed by atoms with van der Waals surface area (Å²) in [6.07, 6.45) is 3.07. The first-order chi connectivity index (χ1) is 15.9. The SMILES string of the molecule is Cc1cccc(C)c1-n1c(=O)n(C[C@@H]2CCCO2)c(=O)c2c1ncn2Cc1cccc(F)c1. The number of rotatable bonds is 5. The Morgan fingerprint density at radius 3 is 2.58 bits per heavy atom. The molecule has 0 spiro atoms. The second kappa shape index (κ2) is 8.44. The molecule has 8 heteroatoms. The summed E-state index contributed by atoms with van der Waals surface area (Å²) in [7, 11) is 0. The van der Waals surface area contributed by atoms with Crippen LogP contribution >= 0.6 is 0 Å². The number of ether oxygens (including phenoxy) is 1. The number of aryl methyl sites for hydroxylation is 2. The molecule has 2 aromatic carbocycles. The molecule has 0 bridgehead atoms. The molecule has 1 atom stereocenters. The first-order valence-corrected chi connectivity index (χ1v) is 11.1. The van der Waals surface area contributed by atoms with E-state index in [-0.39, 0.29) is 25.0 Å². The summed E-state index contributed by atoms with van der Waals surface area (Å²) in [5.74, 6) is -0.347. The Kier molecular flexibility index (Phi) is 5.46. The van der Waals surface area contributed by atoms with E-state index < -0.39 is 11.2 Å². The number of halogens is 1. The van der Waals surface area contributed by atoms with Gasteiger partial charge in [0.15, 0.2) is 11.2 Å². The number of benzene rings is 2. The molecule has 1 aliphatic heterocycles. The fourth-order valence-electron chi connectivity index (χ4n) is 4.64. The van der Waals surface area contributed by atoms with Crippen molar-refractivity contribution in [2.75, 3.05) is 6.61 Å². The quantitative estimate of drug-likeness (QED) is 0.470. The Balaban J connectivity index is 1.77. The van der Waals surface area contributed by atoms with Crippen LogP contribution in [0.3, 0.4) is 0 Å². The molecule has 0 aliphatic carbocycles. The molecule has 7 nitrogen and oxygen atoms in total. The smallest absolute Gasteiger partial charge is 0.337 e. The van der Waals surface area contributed by atoms with Gasteiger partial charge in [0.05, 0.1) is 24.7 Å². The van der Waals surface area contributed by atoms with Crippen molar-refractivity contribution in [2.24, 2.45) is 0 Å². The van der Waals surface area contributed by atoms with Gasteiger partial charge in [-0.05, 0) is 55.5 Å². The normalized spacial score (nSPS) is 16.0. The van der Waals surface area contributed by atoms with E-state index in [1.807, 2.05) is 32.0 Å². The fourth-order valence-corrected chi connectivity index (χ4v) is 4.64. The van der Waals surface area contributed by atoms with Gasteiger partial charge in [-0.1, -0.05) is 30.3 Å². The second-order valence-corrected chi connectivity index (χ2v) is 8.58. The summed E-state index contributed by atoms with van der Waals surface area (Å²) in [6, 6.07) is 12.0. The van der Waals surface area contributed by atoms with Crippen LogP contribution in [0.4, 0.5) is 4.39 Å². The van der Waals surface area contributed by atoms with Crippen LogP contribution in [0.15, 0.2) is 58.4 Å². The summed E-state index contributed by atoms with van der Waals surface area (Å²) in [5, 5.41) is 0. The Morgan fingerprint density at radius 2 is 1.88 bits per heavy atom. The molecule has 0 radical (unpaired) electrons. The standard InChI is InChI=1S/C25H25FN4O3/c1-16-6-3-7-17(2)21(16)30-23-22(24(31)29(25(30)32)14-20-10-5-11-33-20)28(15-27-23)13-18-8-4-9-19(26)12-18/h3-4,6-9,12,15,20H,5,10-11,13-14H2,1-2H3/t20-/m0/s1. The monoisotopic (exact) mass is 448 g/mol. The lowest BCUT2D eigenvalue weighted by Crippen LogP contribution is -2.42. The van der Waals surface area contributed by atoms with Crippen molar-refractivity contribution < 1.29 is 9.13 Å². The summed E-state index contributed by atoms with van der Waals surface area (Å²) in [4.78, 5) is 31.7. The van der Waals surface area contributed by atoms with E-state index in [4.69, 9.17) is 4.74 Å². The molecule has 33 heavy (non-hydrogen) atoms. The van der Waals surface area contributed by atoms with Crippen molar-refractivity contribution in [1.29, 1.82) is 0 Å². The molecule has 0 saturated carbocycles. The van der Waals surface area contributed by atoms with Crippen LogP contribution in [0.5, 0.6) is 0 Å². The largest absolute Gasteiger partial charge is 0.376 e. The van der Waals surface area contributed by atoms with E-state index in [2.05, 4.69) is 4.98 Å². The minimum absolute atomic E-state index is 0.182. The lowest BCUT2D eigenvalue weighted by Gasteiger charge is -2.17. The molecular weight excluding hydrogens is 423 g/mol. The van der Waals surface area contributed by atoms with E-state index in [0.717, 1.165) is 24.0 Å². The van der Waals surface area contributed by atoms with Gasteiger partial charge < -0.3 is 9.30 Å². The van der Waals surface area contributed by atoms with Gasteiger partial charge in [-0.3, -0.25) is 9.36 Å². The van der Waals surface area contributed by atoms with E-state index in [1.54, 1.807) is 16.7 Å². The molecule has 3 heterocycles. The third-order valence-electron chi connectivity index (χ3n) is 6.22. The van der Waals surface area contributed by atoms with Crippen LogP contribution < -0.4 is 11.2 Å². The maximum absolute atomic E-state index is 13.8. The Labute approximate surface area is 189 Å². The third kappa shape index (κ3) is 3.80. The van der Waals surface area contributed by atoms with E-state index >= 15 is 0 Å². The molecule has 4 aromatic rings. The zero-order chi connectivity index (χ0) is 23.1. The topological polar surface area (TPSA) is 71.1 Å². The summed E-state index contributed by atoms with van der Waals surface area (Å²) >= 11 is 0. The highest BCUT2D eigenvalue weighted by Gasteiger charge is 2.24. The van der Waals surface area contributed by atoms with Gasteiger partial charge in [0, 0.05) is 13.2 Å². The predicted octanol–water partition coefficient (Wildman–Crippen LogP) is 3.33. The van der Waals surface area contributed by atoms with Gasteiger partial charge >= 0.3 is 5.69 Å². The summed E-state index contributed by atoms with van der Waals surface area (Å²) < 4.78 is 23.9. The number of nitrogens with zero attached hydrogens (tertiary/aromatic N) is 4. The predicted molar refractivity (Wildman–Crippen MR) is 124 cm³/mol. The number of imidazole rings is 1. The average molecular weight is 448 g/mol. The lowest BCUT2D eigenvalue weighted by molar-refractivity contribution is 0.0950. The van der Waals surface area contributed by atoms with Crippen LogP contribution in [-0.2, 0) is 17.8 Å². The molecule has 0 amide bonds. The van der Waals surface area contributed by atoms with Crippen molar-refractivity contribution in [3.05, 3.63) is 92.1 Å². The van der Waals surface area contributed by atoms with Crippen molar-refractivity contribution in [2.45, 2.75) is 45.9 Å². The van der Waals surface area contributed by atoms with Gasteiger partial charge in [-0.15, -0.1) is 0 Å². The Bertz CT molecular complexity index is 1440. The molecule has 5 rings (SSSR count). The molecule has 2 aromatic heterocycles. The molecule has 0 unspecified atom stereocenters. The maximum atomic E-state index is 13.8. The molecule has 1 aliphatic rings. The second-order valence-electron chi connectivity index (χ2n) is 8.58. The highest BCUT2D eigenvalue weighted by molar-refractivity contribution is 5.73. The Morgan fingerprint density at radius 1 is 1.12 bits per heavy atom. The van der Waals surface area contributed by atoms with E-state index in [9.17, 15) is 14.0 Å². The van der Waals surface area contributed by atoms with Crippen molar-refractivity contribution in [1.82, 2.24) is 18.7 Å². The maximum Gasteiger partial charge on any atom is 0.337 e. The van der Waals surface area contributed by atoms with Gasteiger partial charge in [-0.2, -0.15) is 0 Å². The zero-order valence-electron chi connectivity index (χ0n) is 18.6. The van der Waals surface area contributed by atoms with E-state index in [1.165, 1.54) is 27.6 Å². The average Bonchev–Trinajstić information content (AvgIpc) is 3.43. The van der Waals surface area contributed by atoms with Gasteiger partial charge in [0.2, 0.25) is 0 Å².